The fourth-order valence-corrected chi connectivity index (χ4v) is 5.38. The zero-order valence-electron chi connectivity index (χ0n) is 24.1. The number of hydrogen-bond donors (Lipinski definition) is 3. The highest BCUT2D eigenvalue weighted by Gasteiger charge is 2.14. The molecule has 0 fully saturated rings. The molecule has 0 aliphatic heterocycles. The van der Waals surface area contributed by atoms with Crippen molar-refractivity contribution in [2.24, 2.45) is 5.10 Å². The van der Waals surface area contributed by atoms with Gasteiger partial charge in [0.1, 0.15) is 5.82 Å². The number of nitrogens with one attached hydrogen (secondary N) is 3. The topological polar surface area (TPSA) is 114 Å². The number of benzene rings is 4. The molecule has 0 aliphatic rings. The lowest BCUT2D eigenvalue weighted by atomic mass is 10.1. The molecule has 228 valence electrons. The van der Waals surface area contributed by atoms with E-state index < -0.39 is 11.7 Å². The molecule has 1 aromatic heterocycles. The molecular weight excluding hydrogens is 661 g/mol. The van der Waals surface area contributed by atoms with Crippen molar-refractivity contribution in [3.8, 4) is 22.8 Å². The van der Waals surface area contributed by atoms with Crippen molar-refractivity contribution >= 4 is 61.8 Å². The first kappa shape index (κ1) is 31.4. The molecule has 3 N–H and O–H groups in total. The van der Waals surface area contributed by atoms with Gasteiger partial charge in [0.15, 0.2) is 23.2 Å². The third kappa shape index (κ3) is 8.52. The molecule has 2 amide bonds. The van der Waals surface area contributed by atoms with Gasteiger partial charge in [-0.05, 0) is 89.1 Å². The normalized spacial score (nSPS) is 10.8. The summed E-state index contributed by atoms with van der Waals surface area (Å²) in [5, 5.41) is 12.7. The minimum absolute atomic E-state index is 0.303. The Morgan fingerprint density at radius 1 is 1.00 bits per heavy atom. The number of rotatable bonds is 11. The van der Waals surface area contributed by atoms with Gasteiger partial charge < -0.3 is 20.1 Å². The van der Waals surface area contributed by atoms with Crippen molar-refractivity contribution in [1.82, 2.24) is 10.4 Å². The molecule has 9 nitrogen and oxygen atoms in total. The minimum atomic E-state index is -0.427. The predicted molar refractivity (Wildman–Crippen MR) is 178 cm³/mol. The summed E-state index contributed by atoms with van der Waals surface area (Å²) in [5.41, 5.74) is 7.86. The first-order valence-electron chi connectivity index (χ1n) is 13.6. The van der Waals surface area contributed by atoms with E-state index in [1.807, 2.05) is 48.7 Å². The number of ether oxygens (including phenoxy) is 2. The van der Waals surface area contributed by atoms with E-state index >= 15 is 0 Å². The quantitative estimate of drug-likeness (QED) is 0.0976. The lowest BCUT2D eigenvalue weighted by Gasteiger charge is -2.13. The Kier molecular flexibility index (Phi) is 10.2. The Hall–Kier alpha value is -5.07. The van der Waals surface area contributed by atoms with Gasteiger partial charge in [0.25, 0.3) is 11.8 Å². The Morgan fingerprint density at radius 3 is 2.42 bits per heavy atom. The first-order valence-corrected chi connectivity index (χ1v) is 15.2. The number of carbonyl (C=O) groups is 2. The van der Waals surface area contributed by atoms with Gasteiger partial charge in [0.2, 0.25) is 0 Å². The lowest BCUT2D eigenvalue weighted by molar-refractivity contribution is -0.118. The van der Waals surface area contributed by atoms with Crippen LogP contribution < -0.4 is 25.5 Å². The molecule has 0 radical (unpaired) electrons. The molecular formula is C33H27BrFN5O4S. The second kappa shape index (κ2) is 14.6. The van der Waals surface area contributed by atoms with Gasteiger partial charge in [-0.25, -0.2) is 14.8 Å². The van der Waals surface area contributed by atoms with E-state index in [4.69, 9.17) is 9.47 Å². The van der Waals surface area contributed by atoms with Crippen LogP contribution in [0.1, 0.15) is 21.5 Å². The molecule has 5 rings (SSSR count). The summed E-state index contributed by atoms with van der Waals surface area (Å²) in [6.07, 6.45) is 1.46. The summed E-state index contributed by atoms with van der Waals surface area (Å²) in [7, 11) is 1.46. The highest BCUT2D eigenvalue weighted by Crippen LogP contribution is 2.36. The van der Waals surface area contributed by atoms with E-state index in [-0.39, 0.29) is 12.5 Å². The van der Waals surface area contributed by atoms with Crippen LogP contribution in [-0.2, 0) is 4.79 Å². The third-order valence-electron chi connectivity index (χ3n) is 6.36. The summed E-state index contributed by atoms with van der Waals surface area (Å²) in [6, 6.07) is 24.0. The zero-order chi connectivity index (χ0) is 31.8. The van der Waals surface area contributed by atoms with E-state index in [1.54, 1.807) is 24.3 Å². The maximum atomic E-state index is 13.1. The summed E-state index contributed by atoms with van der Waals surface area (Å²) in [6.45, 7) is 1.74. The van der Waals surface area contributed by atoms with Crippen LogP contribution in [0.25, 0.3) is 11.3 Å². The molecule has 0 bridgehead atoms. The number of anilines is 3. The standard InChI is InChI=1S/C33H27BrFN5O4S/c1-20-3-11-26(12-4-20)38-33-39-28(19-45-33)22-5-7-23(8-6-22)32(42)40-36-17-21-15-27(34)31(29(16-21)43-2)44-18-30(41)37-25-13-9-24(35)10-14-25/h3-17,19H,18H2,1-2H3,(H,37,41)(H,38,39)(H,40,42)/b36-17+. The van der Waals surface area contributed by atoms with Gasteiger partial charge in [-0.3, -0.25) is 9.59 Å². The number of carbonyl (C=O) groups excluding carboxylic acids is 2. The van der Waals surface area contributed by atoms with Crippen molar-refractivity contribution in [3.63, 3.8) is 0 Å². The van der Waals surface area contributed by atoms with Crippen molar-refractivity contribution < 1.29 is 23.5 Å². The van der Waals surface area contributed by atoms with Crippen LogP contribution in [-0.4, -0.2) is 36.7 Å². The maximum absolute atomic E-state index is 13.1. The smallest absolute Gasteiger partial charge is 0.271 e. The van der Waals surface area contributed by atoms with E-state index in [1.165, 1.54) is 54.5 Å². The van der Waals surface area contributed by atoms with E-state index in [2.05, 4.69) is 42.1 Å². The molecule has 0 saturated carbocycles. The van der Waals surface area contributed by atoms with Crippen LogP contribution in [0, 0.1) is 12.7 Å². The van der Waals surface area contributed by atoms with Crippen molar-refractivity contribution in [1.29, 1.82) is 0 Å². The van der Waals surface area contributed by atoms with Crippen LogP contribution in [0.2, 0.25) is 0 Å². The molecule has 45 heavy (non-hydrogen) atoms. The summed E-state index contributed by atoms with van der Waals surface area (Å²) in [4.78, 5) is 29.6. The van der Waals surface area contributed by atoms with Crippen LogP contribution >= 0.6 is 27.3 Å². The monoisotopic (exact) mass is 687 g/mol. The first-order chi connectivity index (χ1) is 21.8. The number of aryl methyl sites for hydroxylation is 1. The Balaban J connectivity index is 1.15. The minimum Gasteiger partial charge on any atom is -0.493 e. The van der Waals surface area contributed by atoms with E-state index in [0.717, 1.165) is 22.1 Å². The number of hydrogen-bond acceptors (Lipinski definition) is 8. The van der Waals surface area contributed by atoms with Crippen LogP contribution in [0.15, 0.2) is 99.9 Å². The Bertz CT molecular complexity index is 1830. The highest BCUT2D eigenvalue weighted by atomic mass is 79.9. The number of aromatic nitrogens is 1. The zero-order valence-corrected chi connectivity index (χ0v) is 26.5. The van der Waals surface area contributed by atoms with Crippen LogP contribution in [0.5, 0.6) is 11.5 Å². The van der Waals surface area contributed by atoms with Gasteiger partial charge in [-0.2, -0.15) is 5.10 Å². The maximum Gasteiger partial charge on any atom is 0.271 e. The SMILES string of the molecule is COc1cc(/C=N/NC(=O)c2ccc(-c3csc(Nc4ccc(C)cc4)n3)cc2)cc(Br)c1OCC(=O)Nc1ccc(F)cc1. The van der Waals surface area contributed by atoms with Gasteiger partial charge in [0.05, 0.1) is 23.5 Å². The summed E-state index contributed by atoms with van der Waals surface area (Å²) in [5.74, 6) is -0.545. The second-order valence-corrected chi connectivity index (χ2v) is 11.4. The molecule has 0 spiro atoms. The Morgan fingerprint density at radius 2 is 1.71 bits per heavy atom. The van der Waals surface area contributed by atoms with Gasteiger partial charge in [-0.1, -0.05) is 29.8 Å². The number of methoxy groups -OCH3 is 1. The molecule has 5 aromatic rings. The molecule has 12 heteroatoms. The van der Waals surface area contributed by atoms with Crippen molar-refractivity contribution in [2.45, 2.75) is 6.92 Å². The van der Waals surface area contributed by atoms with Crippen molar-refractivity contribution in [3.05, 3.63) is 117 Å². The molecule has 0 aliphatic carbocycles. The fourth-order valence-electron chi connectivity index (χ4n) is 4.07. The fraction of sp³-hybridized carbons (Fsp3) is 0.0909. The van der Waals surface area contributed by atoms with E-state index in [0.29, 0.717) is 32.8 Å². The van der Waals surface area contributed by atoms with Crippen molar-refractivity contribution in [2.75, 3.05) is 24.4 Å². The molecule has 4 aromatic carbocycles. The number of nitrogens with zero attached hydrogens (tertiary/aromatic N) is 2. The molecule has 0 saturated heterocycles. The molecule has 1 heterocycles. The average molecular weight is 689 g/mol. The van der Waals surface area contributed by atoms with E-state index in [9.17, 15) is 14.0 Å². The average Bonchev–Trinajstić information content (AvgIpc) is 3.51. The molecule has 0 atom stereocenters. The largest absolute Gasteiger partial charge is 0.493 e. The van der Waals surface area contributed by atoms with Gasteiger partial charge >= 0.3 is 0 Å². The second-order valence-electron chi connectivity index (χ2n) is 9.68. The van der Waals surface area contributed by atoms with Crippen LogP contribution in [0.4, 0.5) is 20.9 Å². The molecule has 0 unspecified atom stereocenters. The third-order valence-corrected chi connectivity index (χ3v) is 7.70. The number of hydrazone groups is 1. The Labute approximate surface area is 271 Å². The van der Waals surface area contributed by atoms with Gasteiger partial charge in [0, 0.05) is 27.9 Å². The predicted octanol–water partition coefficient (Wildman–Crippen LogP) is 7.55. The number of amides is 2. The van der Waals surface area contributed by atoms with Gasteiger partial charge in [-0.15, -0.1) is 11.3 Å². The van der Waals surface area contributed by atoms with Crippen LogP contribution in [0.3, 0.4) is 0 Å². The number of thiazole rings is 1. The highest BCUT2D eigenvalue weighted by molar-refractivity contribution is 9.10. The summed E-state index contributed by atoms with van der Waals surface area (Å²) < 4.78 is 24.7. The lowest BCUT2D eigenvalue weighted by Crippen LogP contribution is -2.20. The number of halogens is 2. The summed E-state index contributed by atoms with van der Waals surface area (Å²) >= 11 is 4.93.